The zero-order valence-corrected chi connectivity index (χ0v) is 36.0. The number of hydrogen-bond donors (Lipinski definition) is 4. The highest BCUT2D eigenvalue weighted by atomic mass is 16.5. The molecule has 15 nitrogen and oxygen atoms in total. The van der Waals surface area contributed by atoms with Crippen molar-refractivity contribution < 1.29 is 28.7 Å². The average Bonchev–Trinajstić information content (AvgIpc) is 3.90. The summed E-state index contributed by atoms with van der Waals surface area (Å²) in [5.41, 5.74) is 8.51. The van der Waals surface area contributed by atoms with Gasteiger partial charge in [0.05, 0.1) is 50.5 Å². The van der Waals surface area contributed by atoms with Crippen LogP contribution >= 0.6 is 0 Å². The highest BCUT2D eigenvalue weighted by Crippen LogP contribution is 2.27. The van der Waals surface area contributed by atoms with E-state index in [1.807, 2.05) is 13.1 Å². The zero-order chi connectivity index (χ0) is 43.9. The van der Waals surface area contributed by atoms with Crippen LogP contribution in [0.3, 0.4) is 0 Å². The van der Waals surface area contributed by atoms with Crippen LogP contribution in [-0.2, 0) is 36.9 Å². The van der Waals surface area contributed by atoms with Gasteiger partial charge in [0.25, 0.3) is 0 Å². The number of aromatic amines is 2. The summed E-state index contributed by atoms with van der Waals surface area (Å²) in [5.74, 6) is 1.54. The molecule has 0 bridgehead atoms. The lowest BCUT2D eigenvalue weighted by Crippen LogP contribution is -2.45. The SMILES string of the molecule is C#C.CCC.CCCN(C)Cc1ncc(-c2ccc(-c3ccc(-c4cnc(CN(CCC)C(=O)CNC=O)[nH]4)cc3)cc2)[nH]1.COC.COC(=O)NN(C=O)C(C)C. The number of carbonyl (C=O) groups is 4. The smallest absolute Gasteiger partial charge is 0.425 e. The van der Waals surface area contributed by atoms with Crippen LogP contribution in [0.4, 0.5) is 4.79 Å². The summed E-state index contributed by atoms with van der Waals surface area (Å²) in [5, 5.41) is 3.55. The molecule has 0 aliphatic rings. The second-order valence-electron chi connectivity index (χ2n) is 13.0. The second kappa shape index (κ2) is 31.1. The van der Waals surface area contributed by atoms with E-state index in [1.165, 1.54) is 13.5 Å². The summed E-state index contributed by atoms with van der Waals surface area (Å²) in [6.45, 7) is 14.8. The maximum absolute atomic E-state index is 12.4. The molecule has 2 aromatic heterocycles. The van der Waals surface area contributed by atoms with Gasteiger partial charge in [-0.15, -0.1) is 12.8 Å². The highest BCUT2D eigenvalue weighted by Gasteiger charge is 2.15. The first kappa shape index (κ1) is 52.0. The number of aromatic nitrogens is 4. The number of ether oxygens (including phenoxy) is 2. The van der Waals surface area contributed by atoms with E-state index in [-0.39, 0.29) is 18.5 Å². The van der Waals surface area contributed by atoms with Crippen LogP contribution in [0, 0.1) is 12.8 Å². The van der Waals surface area contributed by atoms with Crippen molar-refractivity contribution in [1.82, 2.24) is 45.5 Å². The van der Waals surface area contributed by atoms with Gasteiger partial charge in [0, 0.05) is 26.8 Å². The van der Waals surface area contributed by atoms with E-state index < -0.39 is 6.09 Å². The Balaban J connectivity index is 0.00000143. The number of terminal acetylenes is 1. The van der Waals surface area contributed by atoms with Crippen LogP contribution in [-0.4, -0.2) is 114 Å². The third-order valence-corrected chi connectivity index (χ3v) is 7.61. The Morgan fingerprint density at radius 2 is 1.21 bits per heavy atom. The Hall–Kier alpha value is -5.98. The topological polar surface area (TPSA) is 178 Å². The molecule has 4 amide bonds. The van der Waals surface area contributed by atoms with Gasteiger partial charge in [0.2, 0.25) is 18.7 Å². The summed E-state index contributed by atoms with van der Waals surface area (Å²) in [6, 6.07) is 16.7. The van der Waals surface area contributed by atoms with E-state index in [0.717, 1.165) is 70.4 Å². The molecule has 2 aromatic carbocycles. The van der Waals surface area contributed by atoms with Crippen molar-refractivity contribution in [3.05, 3.63) is 72.6 Å². The molecule has 58 heavy (non-hydrogen) atoms. The second-order valence-corrected chi connectivity index (χ2v) is 13.0. The molecule has 0 spiro atoms. The number of hydrogen-bond acceptors (Lipinski definition) is 9. The molecule has 2 heterocycles. The summed E-state index contributed by atoms with van der Waals surface area (Å²) in [7, 11) is 6.59. The molecule has 0 radical (unpaired) electrons. The van der Waals surface area contributed by atoms with Crippen molar-refractivity contribution in [3.63, 3.8) is 0 Å². The molecule has 0 aliphatic carbocycles. The van der Waals surface area contributed by atoms with Gasteiger partial charge in [-0.05, 0) is 62.5 Å². The minimum absolute atomic E-state index is 0.0148. The molecular formula is C43H65N9O6. The van der Waals surface area contributed by atoms with Crippen LogP contribution in [0.15, 0.2) is 60.9 Å². The first-order valence-electron chi connectivity index (χ1n) is 19.2. The van der Waals surface area contributed by atoms with E-state index in [1.54, 1.807) is 39.2 Å². The predicted molar refractivity (Wildman–Crippen MR) is 231 cm³/mol. The Morgan fingerprint density at radius 1 is 0.776 bits per heavy atom. The minimum Gasteiger partial charge on any atom is -0.452 e. The van der Waals surface area contributed by atoms with Gasteiger partial charge in [0.15, 0.2) is 0 Å². The van der Waals surface area contributed by atoms with Crippen molar-refractivity contribution in [2.75, 3.05) is 48.0 Å². The summed E-state index contributed by atoms with van der Waals surface area (Å²) < 4.78 is 8.53. The monoisotopic (exact) mass is 804 g/mol. The fourth-order valence-corrected chi connectivity index (χ4v) is 4.99. The Kier molecular flexibility index (Phi) is 27.9. The number of nitrogens with one attached hydrogen (secondary N) is 4. The number of H-pyrrole nitrogens is 2. The fourth-order valence-electron chi connectivity index (χ4n) is 4.99. The van der Waals surface area contributed by atoms with E-state index in [4.69, 9.17) is 0 Å². The third-order valence-electron chi connectivity index (χ3n) is 7.61. The third kappa shape index (κ3) is 19.7. The minimum atomic E-state index is -0.647. The number of hydrazine groups is 1. The van der Waals surface area contributed by atoms with E-state index in [2.05, 4.69) is 134 Å². The number of imidazole rings is 2. The van der Waals surface area contributed by atoms with Crippen LogP contribution in [0.1, 0.15) is 72.5 Å². The molecule has 4 aromatic rings. The van der Waals surface area contributed by atoms with Crippen molar-refractivity contribution in [2.45, 2.75) is 79.9 Å². The van der Waals surface area contributed by atoms with Gasteiger partial charge in [-0.25, -0.2) is 20.2 Å². The summed E-state index contributed by atoms with van der Waals surface area (Å²) >= 11 is 0. The van der Waals surface area contributed by atoms with Crippen LogP contribution in [0.5, 0.6) is 0 Å². The predicted octanol–water partition coefficient (Wildman–Crippen LogP) is 6.51. The number of amides is 4. The van der Waals surface area contributed by atoms with E-state index >= 15 is 0 Å². The number of methoxy groups -OCH3 is 2. The summed E-state index contributed by atoms with van der Waals surface area (Å²) in [6.07, 6.45) is 15.3. The molecule has 0 saturated heterocycles. The molecule has 0 aliphatic heterocycles. The van der Waals surface area contributed by atoms with Gasteiger partial charge in [0.1, 0.15) is 11.6 Å². The normalized spacial score (nSPS) is 9.83. The van der Waals surface area contributed by atoms with Gasteiger partial charge in [-0.3, -0.25) is 24.3 Å². The Labute approximate surface area is 345 Å². The van der Waals surface area contributed by atoms with Crippen molar-refractivity contribution >= 4 is 24.8 Å². The molecular weight excluding hydrogens is 739 g/mol. The van der Waals surface area contributed by atoms with Gasteiger partial charge in [-0.1, -0.05) is 82.6 Å². The first-order valence-corrected chi connectivity index (χ1v) is 19.2. The number of rotatable bonds is 17. The lowest BCUT2D eigenvalue weighted by atomic mass is 10.0. The first-order chi connectivity index (χ1) is 27.9. The van der Waals surface area contributed by atoms with Crippen LogP contribution < -0.4 is 10.7 Å². The Morgan fingerprint density at radius 3 is 1.59 bits per heavy atom. The molecule has 0 saturated carbocycles. The molecule has 0 fully saturated rings. The summed E-state index contributed by atoms with van der Waals surface area (Å²) in [4.78, 5) is 63.4. The number of nitrogens with zero attached hydrogens (tertiary/aromatic N) is 5. The van der Waals surface area contributed by atoms with Crippen molar-refractivity contribution in [1.29, 1.82) is 0 Å². The van der Waals surface area contributed by atoms with Crippen LogP contribution in [0.25, 0.3) is 33.6 Å². The zero-order valence-electron chi connectivity index (χ0n) is 36.0. The lowest BCUT2D eigenvalue weighted by molar-refractivity contribution is -0.132. The van der Waals surface area contributed by atoms with Gasteiger partial charge in [-0.2, -0.15) is 0 Å². The maximum atomic E-state index is 12.4. The number of carbonyl (C=O) groups excluding carboxylic acids is 4. The lowest BCUT2D eigenvalue weighted by Gasteiger charge is -2.20. The largest absolute Gasteiger partial charge is 0.452 e. The van der Waals surface area contributed by atoms with Crippen molar-refractivity contribution in [3.8, 4) is 46.5 Å². The van der Waals surface area contributed by atoms with E-state index in [0.29, 0.717) is 31.7 Å². The molecule has 0 unspecified atom stereocenters. The molecule has 318 valence electrons. The van der Waals surface area contributed by atoms with Crippen molar-refractivity contribution in [2.24, 2.45) is 0 Å². The molecule has 15 heteroatoms. The average molecular weight is 804 g/mol. The van der Waals surface area contributed by atoms with Gasteiger partial charge < -0.3 is 29.7 Å². The Bertz CT molecular complexity index is 1720. The standard InChI is InChI=1S/C30H37N7O2.C6H12N2O3.C3H8.C2H6O.C2H2/c1-4-14-36(3)19-28-32-16-26(34-28)24-10-6-22(7-11-24)23-8-12-25(13-9-23)27-17-33-29(35-27)20-37(15-5-2)30(39)18-31-21-38;1-5(2)8(4-9)7-6(10)11-3;2*1-3-2;1-2/h6-13,16-17,21H,4-5,14-15,18-20H2,1-3H3,(H,31,38)(H,32,34)(H,33,35);4-5H,1-3H3,(H,7,10);3H2,1-2H3;1-2H3;1-2H. The van der Waals surface area contributed by atoms with Crippen LogP contribution in [0.2, 0.25) is 0 Å². The van der Waals surface area contributed by atoms with Gasteiger partial charge >= 0.3 is 6.09 Å². The molecule has 4 N–H and O–H groups in total. The quantitative estimate of drug-likeness (QED) is 0.0526. The highest BCUT2D eigenvalue weighted by molar-refractivity contribution is 5.80. The van der Waals surface area contributed by atoms with E-state index in [9.17, 15) is 19.2 Å². The molecule has 0 atom stereocenters. The molecule has 4 rings (SSSR count). The fraction of sp³-hybridized carbons (Fsp3) is 0.442. The maximum Gasteiger partial charge on any atom is 0.425 e. The number of benzene rings is 2.